The normalized spacial score (nSPS) is 24.5. The van der Waals surface area contributed by atoms with E-state index in [1.807, 2.05) is 18.4 Å². The molecule has 0 N–H and O–H groups in total. The molecule has 5 heteroatoms. The first-order valence-electron chi connectivity index (χ1n) is 8.29. The van der Waals surface area contributed by atoms with Gasteiger partial charge >= 0.3 is 11.9 Å². The van der Waals surface area contributed by atoms with Crippen LogP contribution in [0.25, 0.3) is 0 Å². The van der Waals surface area contributed by atoms with E-state index in [9.17, 15) is 9.59 Å². The smallest absolute Gasteiger partial charge is 0.349 e. The van der Waals surface area contributed by atoms with Crippen molar-refractivity contribution in [3.8, 4) is 0 Å². The molecule has 1 aliphatic carbocycles. The highest BCUT2D eigenvalue weighted by Gasteiger charge is 2.33. The van der Waals surface area contributed by atoms with Crippen LogP contribution in [0.1, 0.15) is 55.3 Å². The van der Waals surface area contributed by atoms with E-state index < -0.39 is 11.9 Å². The molecule has 1 saturated carbocycles. The zero-order valence-electron chi connectivity index (χ0n) is 14.3. The summed E-state index contributed by atoms with van der Waals surface area (Å²) in [5, 5.41) is 1.83. The Morgan fingerprint density at radius 2 is 2.09 bits per heavy atom. The number of hydrogen-bond donors (Lipinski definition) is 0. The quantitative estimate of drug-likeness (QED) is 0.754. The van der Waals surface area contributed by atoms with Crippen molar-refractivity contribution >= 4 is 23.3 Å². The van der Waals surface area contributed by atoms with Crippen molar-refractivity contribution in [2.24, 2.45) is 17.8 Å². The summed E-state index contributed by atoms with van der Waals surface area (Å²) in [4.78, 5) is 24.5. The summed E-state index contributed by atoms with van der Waals surface area (Å²) in [7, 11) is 0. The minimum Gasteiger partial charge on any atom is -0.460 e. The lowest BCUT2D eigenvalue weighted by Crippen LogP contribution is -2.36. The Morgan fingerprint density at radius 3 is 2.70 bits per heavy atom. The highest BCUT2D eigenvalue weighted by Crippen LogP contribution is 2.35. The minimum absolute atomic E-state index is 0.0616. The molecular formula is C18H26O4S. The van der Waals surface area contributed by atoms with Crippen LogP contribution in [0, 0.1) is 24.7 Å². The third kappa shape index (κ3) is 4.80. The summed E-state index contributed by atoms with van der Waals surface area (Å²) in [5.41, 5.74) is 0.870. The van der Waals surface area contributed by atoms with Gasteiger partial charge in [0, 0.05) is 0 Å². The fourth-order valence-corrected chi connectivity index (χ4v) is 4.04. The topological polar surface area (TPSA) is 52.6 Å². The molecule has 2 rings (SSSR count). The molecule has 1 aliphatic rings. The molecule has 0 aliphatic heterocycles. The third-order valence-electron chi connectivity index (χ3n) is 4.61. The average Bonchev–Trinajstić information content (AvgIpc) is 2.90. The molecule has 0 spiro atoms. The zero-order chi connectivity index (χ0) is 17.0. The summed E-state index contributed by atoms with van der Waals surface area (Å²) < 4.78 is 10.7. The molecule has 0 radical (unpaired) electrons. The van der Waals surface area contributed by atoms with Gasteiger partial charge in [0.15, 0.2) is 6.61 Å². The zero-order valence-corrected chi connectivity index (χ0v) is 15.2. The summed E-state index contributed by atoms with van der Waals surface area (Å²) in [6, 6.07) is 1.86. The molecule has 1 heterocycles. The van der Waals surface area contributed by atoms with E-state index in [0.717, 1.165) is 18.4 Å². The lowest BCUT2D eigenvalue weighted by atomic mass is 9.75. The molecule has 1 aromatic heterocycles. The first-order valence-corrected chi connectivity index (χ1v) is 9.17. The Hall–Kier alpha value is -1.36. The van der Waals surface area contributed by atoms with Crippen molar-refractivity contribution < 1.29 is 19.1 Å². The number of esters is 2. The van der Waals surface area contributed by atoms with Gasteiger partial charge in [-0.2, -0.15) is 0 Å². The molecule has 0 unspecified atom stereocenters. The Morgan fingerprint density at radius 1 is 1.35 bits per heavy atom. The van der Waals surface area contributed by atoms with Crippen LogP contribution < -0.4 is 0 Å². The maximum absolute atomic E-state index is 12.0. The van der Waals surface area contributed by atoms with E-state index >= 15 is 0 Å². The third-order valence-corrected chi connectivity index (χ3v) is 5.61. The fraction of sp³-hybridized carbons (Fsp3) is 0.667. The Kier molecular flexibility index (Phi) is 6.22. The largest absolute Gasteiger partial charge is 0.460 e. The average molecular weight is 338 g/mol. The second kappa shape index (κ2) is 7.95. The molecule has 128 valence electrons. The second-order valence-electron chi connectivity index (χ2n) is 6.86. The number of rotatable bonds is 5. The van der Waals surface area contributed by atoms with Crippen molar-refractivity contribution in [1.82, 2.24) is 0 Å². The van der Waals surface area contributed by atoms with E-state index in [-0.39, 0.29) is 12.7 Å². The van der Waals surface area contributed by atoms with Crippen LogP contribution in [0.5, 0.6) is 0 Å². The van der Waals surface area contributed by atoms with Gasteiger partial charge in [0.05, 0.1) is 0 Å². The number of carbonyl (C=O) groups excluding carboxylic acids is 2. The van der Waals surface area contributed by atoms with Gasteiger partial charge in [-0.05, 0) is 54.5 Å². The van der Waals surface area contributed by atoms with E-state index in [1.165, 1.54) is 17.8 Å². The van der Waals surface area contributed by atoms with E-state index in [4.69, 9.17) is 9.47 Å². The maximum atomic E-state index is 12.0. The monoisotopic (exact) mass is 338 g/mol. The summed E-state index contributed by atoms with van der Waals surface area (Å²) in [6.07, 6.45) is 3.11. The summed E-state index contributed by atoms with van der Waals surface area (Å²) >= 11 is 1.32. The van der Waals surface area contributed by atoms with Gasteiger partial charge < -0.3 is 9.47 Å². The van der Waals surface area contributed by atoms with Gasteiger partial charge in [0.25, 0.3) is 0 Å². The van der Waals surface area contributed by atoms with Gasteiger partial charge in [-0.1, -0.05) is 27.2 Å². The molecule has 1 aromatic rings. The Labute approximate surface area is 142 Å². The van der Waals surface area contributed by atoms with Crippen molar-refractivity contribution in [1.29, 1.82) is 0 Å². The number of hydrogen-bond acceptors (Lipinski definition) is 5. The lowest BCUT2D eigenvalue weighted by Gasteiger charge is -2.36. The van der Waals surface area contributed by atoms with Crippen LogP contribution >= 0.6 is 11.3 Å². The van der Waals surface area contributed by atoms with Gasteiger partial charge in [-0.3, -0.25) is 0 Å². The van der Waals surface area contributed by atoms with Crippen molar-refractivity contribution in [3.63, 3.8) is 0 Å². The molecule has 3 atom stereocenters. The van der Waals surface area contributed by atoms with Crippen molar-refractivity contribution in [3.05, 3.63) is 21.9 Å². The van der Waals surface area contributed by atoms with Gasteiger partial charge in [0.2, 0.25) is 0 Å². The number of thiophene rings is 1. The number of aryl methyl sites for hydroxylation is 1. The first kappa shape index (κ1) is 18.0. The van der Waals surface area contributed by atoms with E-state index in [1.54, 1.807) is 0 Å². The molecule has 0 amide bonds. The lowest BCUT2D eigenvalue weighted by molar-refractivity contribution is -0.159. The SMILES string of the molecule is Cc1ccsc1C(=O)OCC(=O)O[C@@H]1C[C@H](C)CC[C@@H]1C(C)C. The van der Waals surface area contributed by atoms with Crippen molar-refractivity contribution in [2.45, 2.75) is 53.1 Å². The van der Waals surface area contributed by atoms with Crippen LogP contribution in [0.3, 0.4) is 0 Å². The van der Waals surface area contributed by atoms with Crippen LogP contribution in [0.4, 0.5) is 0 Å². The van der Waals surface area contributed by atoms with Crippen molar-refractivity contribution in [2.75, 3.05) is 6.61 Å². The molecular weight excluding hydrogens is 312 g/mol. The molecule has 0 bridgehead atoms. The molecule has 1 fully saturated rings. The predicted octanol–water partition coefficient (Wildman–Crippen LogP) is 4.22. The number of ether oxygens (including phenoxy) is 2. The summed E-state index contributed by atoms with van der Waals surface area (Å²) in [6.45, 7) is 8.06. The minimum atomic E-state index is -0.452. The van der Waals surface area contributed by atoms with E-state index in [0.29, 0.717) is 22.6 Å². The maximum Gasteiger partial charge on any atom is 0.349 e. The standard InChI is InChI=1S/C18H26O4S/c1-11(2)14-6-5-12(3)9-15(14)22-16(19)10-21-18(20)17-13(4)7-8-23-17/h7-8,11-12,14-15H,5-6,9-10H2,1-4H3/t12-,14-,15-/m1/s1. The Bertz CT molecular complexity index is 549. The van der Waals surface area contributed by atoms with Crippen LogP contribution in [-0.2, 0) is 14.3 Å². The van der Waals surface area contributed by atoms with Gasteiger partial charge in [0.1, 0.15) is 11.0 Å². The first-order chi connectivity index (χ1) is 10.9. The molecule has 0 saturated heterocycles. The number of carbonyl (C=O) groups is 2. The highest BCUT2D eigenvalue weighted by molar-refractivity contribution is 7.12. The second-order valence-corrected chi connectivity index (χ2v) is 7.78. The van der Waals surface area contributed by atoms with Gasteiger partial charge in [-0.15, -0.1) is 11.3 Å². The molecule has 0 aromatic carbocycles. The van der Waals surface area contributed by atoms with Crippen LogP contribution in [0.2, 0.25) is 0 Å². The fourth-order valence-electron chi connectivity index (χ4n) is 3.22. The molecule has 4 nitrogen and oxygen atoms in total. The van der Waals surface area contributed by atoms with Crippen LogP contribution in [0.15, 0.2) is 11.4 Å². The van der Waals surface area contributed by atoms with E-state index in [2.05, 4.69) is 20.8 Å². The summed E-state index contributed by atoms with van der Waals surface area (Å²) in [5.74, 6) is 0.547. The molecule has 23 heavy (non-hydrogen) atoms. The van der Waals surface area contributed by atoms with Crippen LogP contribution in [-0.4, -0.2) is 24.6 Å². The Balaban J connectivity index is 1.85. The highest BCUT2D eigenvalue weighted by atomic mass is 32.1. The van der Waals surface area contributed by atoms with Gasteiger partial charge in [-0.25, -0.2) is 9.59 Å². The predicted molar refractivity (Wildman–Crippen MR) is 90.6 cm³/mol.